The highest BCUT2D eigenvalue weighted by Gasteiger charge is 2.19. The highest BCUT2D eigenvalue weighted by molar-refractivity contribution is 5.69. The quantitative estimate of drug-likeness (QED) is 0.429. The normalized spacial score (nSPS) is 13.8. The summed E-state index contributed by atoms with van der Waals surface area (Å²) in [7, 11) is 1.62. The molecule has 0 bridgehead atoms. The van der Waals surface area contributed by atoms with Crippen molar-refractivity contribution in [1.82, 2.24) is 9.97 Å². The summed E-state index contributed by atoms with van der Waals surface area (Å²) in [5.41, 5.74) is 1.81. The molecule has 1 heterocycles. The number of aromatic nitrogens is 2. The minimum absolute atomic E-state index is 0.0387. The molecule has 4 rings (SSSR count). The monoisotopic (exact) mass is 406 g/mol. The van der Waals surface area contributed by atoms with Crippen LogP contribution in [0.15, 0.2) is 54.7 Å². The van der Waals surface area contributed by atoms with Crippen LogP contribution in [-0.2, 0) is 0 Å². The van der Waals surface area contributed by atoms with Crippen LogP contribution in [0.5, 0.6) is 11.5 Å². The van der Waals surface area contributed by atoms with E-state index in [1.807, 2.05) is 18.2 Å². The lowest BCUT2D eigenvalue weighted by Crippen LogP contribution is -2.11. The van der Waals surface area contributed by atoms with Gasteiger partial charge < -0.3 is 14.8 Å². The highest BCUT2D eigenvalue weighted by Crippen LogP contribution is 2.35. The Bertz CT molecular complexity index is 1050. The maximum atomic E-state index is 11.2. The summed E-state index contributed by atoms with van der Waals surface area (Å²) in [6, 6.07) is 13.8. The Labute approximate surface area is 174 Å². The number of methoxy groups -OCH3 is 1. The van der Waals surface area contributed by atoms with E-state index in [4.69, 9.17) is 9.47 Å². The first kappa shape index (κ1) is 19.6. The molecule has 3 aromatic rings. The van der Waals surface area contributed by atoms with Gasteiger partial charge in [-0.1, -0.05) is 12.1 Å². The molecule has 1 aliphatic rings. The largest absolute Gasteiger partial charge is 0.493 e. The third kappa shape index (κ3) is 4.32. The standard InChI is InChI=1S/C22H22N4O4/c1-29-20-11-10-15(14-21(20)30-16-6-2-3-7-16)17-12-13-23-22(24-17)25-18-8-4-5-9-19(18)26(27)28/h4-5,8-14,16H,2-3,6-7H2,1H3,(H,23,24,25). The number of nitrogens with one attached hydrogen (secondary N) is 1. The van der Waals surface area contributed by atoms with Gasteiger partial charge in [-0.15, -0.1) is 0 Å². The predicted molar refractivity (Wildman–Crippen MR) is 113 cm³/mol. The van der Waals surface area contributed by atoms with Crippen molar-refractivity contribution in [3.8, 4) is 22.8 Å². The van der Waals surface area contributed by atoms with Crippen LogP contribution in [0.25, 0.3) is 11.3 Å². The van der Waals surface area contributed by atoms with Gasteiger partial charge in [0.25, 0.3) is 5.69 Å². The lowest BCUT2D eigenvalue weighted by Gasteiger charge is -2.17. The molecule has 0 saturated heterocycles. The predicted octanol–water partition coefficient (Wildman–Crippen LogP) is 5.13. The zero-order valence-corrected chi connectivity index (χ0v) is 16.6. The van der Waals surface area contributed by atoms with Gasteiger partial charge in [-0.25, -0.2) is 9.97 Å². The van der Waals surface area contributed by atoms with Crippen molar-refractivity contribution < 1.29 is 14.4 Å². The summed E-state index contributed by atoms with van der Waals surface area (Å²) in [6.07, 6.45) is 6.27. The fourth-order valence-electron chi connectivity index (χ4n) is 3.55. The van der Waals surface area contributed by atoms with Crippen LogP contribution in [0, 0.1) is 10.1 Å². The van der Waals surface area contributed by atoms with Crippen LogP contribution in [0.1, 0.15) is 25.7 Å². The molecule has 0 atom stereocenters. The summed E-state index contributed by atoms with van der Waals surface area (Å²) in [5, 5.41) is 14.2. The molecule has 30 heavy (non-hydrogen) atoms. The maximum absolute atomic E-state index is 11.2. The summed E-state index contributed by atoms with van der Waals surface area (Å²) in [5.74, 6) is 1.64. The number of benzene rings is 2. The van der Waals surface area contributed by atoms with Crippen molar-refractivity contribution >= 4 is 17.3 Å². The number of para-hydroxylation sites is 2. The van der Waals surface area contributed by atoms with Gasteiger partial charge in [0, 0.05) is 17.8 Å². The van der Waals surface area contributed by atoms with Crippen molar-refractivity contribution in [2.75, 3.05) is 12.4 Å². The number of nitro groups is 1. The van der Waals surface area contributed by atoms with Gasteiger partial charge >= 0.3 is 0 Å². The fourth-order valence-corrected chi connectivity index (χ4v) is 3.55. The second-order valence-corrected chi connectivity index (χ2v) is 7.05. The molecule has 0 amide bonds. The molecule has 1 fully saturated rings. The molecule has 2 aromatic carbocycles. The van der Waals surface area contributed by atoms with Gasteiger partial charge in [-0.3, -0.25) is 10.1 Å². The fraction of sp³-hybridized carbons (Fsp3) is 0.273. The average molecular weight is 406 g/mol. The van der Waals surface area contributed by atoms with Gasteiger partial charge in [0.1, 0.15) is 5.69 Å². The van der Waals surface area contributed by atoms with Crippen LogP contribution < -0.4 is 14.8 Å². The van der Waals surface area contributed by atoms with Crippen molar-refractivity contribution in [2.24, 2.45) is 0 Å². The SMILES string of the molecule is COc1ccc(-c2ccnc(Nc3ccccc3[N+](=O)[O-])n2)cc1OC1CCCC1. The number of hydrogen-bond acceptors (Lipinski definition) is 7. The third-order valence-electron chi connectivity index (χ3n) is 5.06. The molecule has 1 aliphatic carbocycles. The lowest BCUT2D eigenvalue weighted by molar-refractivity contribution is -0.383. The van der Waals surface area contributed by atoms with Crippen molar-refractivity contribution in [2.45, 2.75) is 31.8 Å². The topological polar surface area (TPSA) is 99.4 Å². The molecule has 1 saturated carbocycles. The molecular weight excluding hydrogens is 384 g/mol. The molecule has 1 aromatic heterocycles. The first-order valence-corrected chi connectivity index (χ1v) is 9.82. The first-order valence-electron chi connectivity index (χ1n) is 9.82. The number of ether oxygens (including phenoxy) is 2. The Kier molecular flexibility index (Phi) is 5.74. The Morgan fingerprint density at radius 3 is 2.67 bits per heavy atom. The van der Waals surface area contributed by atoms with E-state index in [2.05, 4.69) is 15.3 Å². The molecule has 154 valence electrons. The van der Waals surface area contributed by atoms with E-state index in [9.17, 15) is 10.1 Å². The maximum Gasteiger partial charge on any atom is 0.292 e. The molecule has 0 spiro atoms. The zero-order valence-electron chi connectivity index (χ0n) is 16.6. The van der Waals surface area contributed by atoms with E-state index >= 15 is 0 Å². The summed E-state index contributed by atoms with van der Waals surface area (Å²) >= 11 is 0. The number of anilines is 2. The number of hydrogen-bond donors (Lipinski definition) is 1. The number of rotatable bonds is 7. The Morgan fingerprint density at radius 1 is 1.10 bits per heavy atom. The van der Waals surface area contributed by atoms with Crippen molar-refractivity contribution in [1.29, 1.82) is 0 Å². The smallest absolute Gasteiger partial charge is 0.292 e. The lowest BCUT2D eigenvalue weighted by atomic mass is 10.1. The van der Waals surface area contributed by atoms with Crippen LogP contribution in [0.2, 0.25) is 0 Å². The third-order valence-corrected chi connectivity index (χ3v) is 5.06. The molecular formula is C22H22N4O4. The van der Waals surface area contributed by atoms with Gasteiger partial charge in [0.15, 0.2) is 11.5 Å². The van der Waals surface area contributed by atoms with Gasteiger partial charge in [0.2, 0.25) is 5.95 Å². The second kappa shape index (κ2) is 8.77. The van der Waals surface area contributed by atoms with E-state index in [-0.39, 0.29) is 17.7 Å². The van der Waals surface area contributed by atoms with E-state index in [0.29, 0.717) is 22.9 Å². The van der Waals surface area contributed by atoms with E-state index in [1.54, 1.807) is 37.6 Å². The van der Waals surface area contributed by atoms with Gasteiger partial charge in [-0.2, -0.15) is 0 Å². The average Bonchev–Trinajstić information content (AvgIpc) is 3.27. The van der Waals surface area contributed by atoms with Crippen LogP contribution in [0.3, 0.4) is 0 Å². The summed E-state index contributed by atoms with van der Waals surface area (Å²) < 4.78 is 11.6. The van der Waals surface area contributed by atoms with Crippen LogP contribution in [0.4, 0.5) is 17.3 Å². The Hall–Kier alpha value is -3.68. The molecule has 8 nitrogen and oxygen atoms in total. The first-order chi connectivity index (χ1) is 14.6. The van der Waals surface area contributed by atoms with Gasteiger partial charge in [0.05, 0.1) is 23.8 Å². The number of nitro benzene ring substituents is 1. The van der Waals surface area contributed by atoms with E-state index in [0.717, 1.165) is 18.4 Å². The van der Waals surface area contributed by atoms with Crippen molar-refractivity contribution in [3.63, 3.8) is 0 Å². The summed E-state index contributed by atoms with van der Waals surface area (Å²) in [6.45, 7) is 0. The minimum atomic E-state index is -0.442. The zero-order chi connectivity index (χ0) is 20.9. The molecule has 0 radical (unpaired) electrons. The molecule has 0 unspecified atom stereocenters. The minimum Gasteiger partial charge on any atom is -0.493 e. The van der Waals surface area contributed by atoms with Gasteiger partial charge in [-0.05, 0) is 56.0 Å². The van der Waals surface area contributed by atoms with Crippen LogP contribution >= 0.6 is 0 Å². The molecule has 1 N–H and O–H groups in total. The Morgan fingerprint density at radius 2 is 1.90 bits per heavy atom. The highest BCUT2D eigenvalue weighted by atomic mass is 16.6. The molecule has 0 aliphatic heterocycles. The number of nitrogens with zero attached hydrogens (tertiary/aromatic N) is 3. The van der Waals surface area contributed by atoms with Crippen LogP contribution in [-0.4, -0.2) is 28.1 Å². The summed E-state index contributed by atoms with van der Waals surface area (Å²) in [4.78, 5) is 19.5. The van der Waals surface area contributed by atoms with Crippen molar-refractivity contribution in [3.05, 3.63) is 64.8 Å². The Balaban J connectivity index is 1.61. The van der Waals surface area contributed by atoms with E-state index < -0.39 is 4.92 Å². The molecule has 8 heteroatoms. The second-order valence-electron chi connectivity index (χ2n) is 7.05. The van der Waals surface area contributed by atoms with E-state index in [1.165, 1.54) is 18.9 Å².